The SMILES string of the molecule is N#Cc1cccn(CC(=O)C2CC2)c1=O. The lowest BCUT2D eigenvalue weighted by Crippen LogP contribution is -2.25. The maximum Gasteiger partial charge on any atom is 0.268 e. The molecule has 0 bridgehead atoms. The molecule has 0 aliphatic heterocycles. The van der Waals surface area contributed by atoms with Gasteiger partial charge in [-0.15, -0.1) is 0 Å². The maximum absolute atomic E-state index is 11.6. The second kappa shape index (κ2) is 3.70. The Morgan fingerprint density at radius 2 is 2.33 bits per heavy atom. The predicted molar refractivity (Wildman–Crippen MR) is 53.1 cm³/mol. The number of aromatic nitrogens is 1. The van der Waals surface area contributed by atoms with Crippen molar-refractivity contribution < 1.29 is 4.79 Å². The van der Waals surface area contributed by atoms with Gasteiger partial charge in [0.25, 0.3) is 5.56 Å². The van der Waals surface area contributed by atoms with Crippen LogP contribution < -0.4 is 5.56 Å². The lowest BCUT2D eigenvalue weighted by atomic mass is 10.2. The van der Waals surface area contributed by atoms with Crippen molar-refractivity contribution in [2.45, 2.75) is 19.4 Å². The van der Waals surface area contributed by atoms with E-state index in [1.807, 2.05) is 6.07 Å². The highest BCUT2D eigenvalue weighted by atomic mass is 16.1. The smallest absolute Gasteiger partial charge is 0.268 e. The zero-order valence-corrected chi connectivity index (χ0v) is 8.14. The topological polar surface area (TPSA) is 62.9 Å². The Morgan fingerprint density at radius 3 is 2.93 bits per heavy atom. The number of pyridine rings is 1. The fourth-order valence-corrected chi connectivity index (χ4v) is 1.45. The third kappa shape index (κ3) is 1.96. The molecule has 0 spiro atoms. The summed E-state index contributed by atoms with van der Waals surface area (Å²) < 4.78 is 1.30. The van der Waals surface area contributed by atoms with Crippen molar-refractivity contribution in [1.82, 2.24) is 4.57 Å². The molecule has 0 atom stereocenters. The summed E-state index contributed by atoms with van der Waals surface area (Å²) >= 11 is 0. The van der Waals surface area contributed by atoms with Gasteiger partial charge >= 0.3 is 0 Å². The molecule has 0 amide bonds. The molecule has 0 radical (unpaired) electrons. The van der Waals surface area contributed by atoms with E-state index in [1.54, 1.807) is 12.3 Å². The quantitative estimate of drug-likeness (QED) is 0.724. The van der Waals surface area contributed by atoms with Gasteiger partial charge in [-0.1, -0.05) is 0 Å². The molecular weight excluding hydrogens is 192 g/mol. The first-order valence-electron chi connectivity index (χ1n) is 4.84. The van der Waals surface area contributed by atoms with E-state index >= 15 is 0 Å². The van der Waals surface area contributed by atoms with Crippen LogP contribution in [0.1, 0.15) is 18.4 Å². The van der Waals surface area contributed by atoms with Crippen molar-refractivity contribution in [3.63, 3.8) is 0 Å². The fraction of sp³-hybridized carbons (Fsp3) is 0.364. The van der Waals surface area contributed by atoms with Gasteiger partial charge in [0.2, 0.25) is 0 Å². The Balaban J connectivity index is 2.25. The first-order chi connectivity index (χ1) is 7.22. The van der Waals surface area contributed by atoms with Crippen molar-refractivity contribution in [3.8, 4) is 6.07 Å². The zero-order chi connectivity index (χ0) is 10.8. The van der Waals surface area contributed by atoms with Gasteiger partial charge in [0.1, 0.15) is 11.6 Å². The number of hydrogen-bond donors (Lipinski definition) is 0. The summed E-state index contributed by atoms with van der Waals surface area (Å²) in [5.41, 5.74) is -0.296. The Bertz CT molecular complexity index is 492. The first-order valence-corrected chi connectivity index (χ1v) is 4.84. The number of carbonyl (C=O) groups is 1. The third-order valence-corrected chi connectivity index (χ3v) is 2.50. The molecule has 1 aromatic rings. The van der Waals surface area contributed by atoms with Crippen LogP contribution in [0.2, 0.25) is 0 Å². The molecule has 1 aliphatic rings. The molecule has 2 rings (SSSR count). The predicted octanol–water partition coefficient (Wildman–Crippen LogP) is 0.699. The van der Waals surface area contributed by atoms with Gasteiger partial charge in [-0.05, 0) is 25.0 Å². The first kappa shape index (κ1) is 9.66. The average molecular weight is 202 g/mol. The van der Waals surface area contributed by atoms with Crippen molar-refractivity contribution in [2.24, 2.45) is 5.92 Å². The maximum atomic E-state index is 11.6. The van der Waals surface area contributed by atoms with Gasteiger partial charge in [0, 0.05) is 12.1 Å². The molecule has 0 unspecified atom stereocenters. The van der Waals surface area contributed by atoms with Crippen LogP contribution in [-0.2, 0) is 11.3 Å². The minimum atomic E-state index is -0.381. The Labute approximate surface area is 86.8 Å². The second-order valence-corrected chi connectivity index (χ2v) is 3.71. The highest BCUT2D eigenvalue weighted by Gasteiger charge is 2.29. The number of ketones is 1. The lowest BCUT2D eigenvalue weighted by Gasteiger charge is -2.03. The van der Waals surface area contributed by atoms with Crippen LogP contribution in [0.15, 0.2) is 23.1 Å². The monoisotopic (exact) mass is 202 g/mol. The Morgan fingerprint density at radius 1 is 1.60 bits per heavy atom. The molecule has 1 aromatic heterocycles. The highest BCUT2D eigenvalue weighted by molar-refractivity contribution is 5.82. The number of nitrogens with zero attached hydrogens (tertiary/aromatic N) is 2. The molecule has 4 nitrogen and oxygen atoms in total. The van der Waals surface area contributed by atoms with E-state index in [-0.39, 0.29) is 29.4 Å². The molecule has 0 saturated heterocycles. The van der Waals surface area contributed by atoms with Gasteiger partial charge < -0.3 is 4.57 Å². The van der Waals surface area contributed by atoms with Gasteiger partial charge in [0.05, 0.1) is 6.54 Å². The van der Waals surface area contributed by atoms with Crippen LogP contribution in [0.25, 0.3) is 0 Å². The molecule has 4 heteroatoms. The van der Waals surface area contributed by atoms with Crippen molar-refractivity contribution in [2.75, 3.05) is 0 Å². The summed E-state index contributed by atoms with van der Waals surface area (Å²) in [4.78, 5) is 23.1. The number of Topliss-reactive ketones (excluding diaryl/α,β-unsaturated/α-hetero) is 1. The molecule has 1 fully saturated rings. The normalized spacial score (nSPS) is 14.6. The van der Waals surface area contributed by atoms with Gasteiger partial charge in [-0.25, -0.2) is 0 Å². The number of nitriles is 1. The fourth-order valence-electron chi connectivity index (χ4n) is 1.45. The molecule has 15 heavy (non-hydrogen) atoms. The molecule has 0 N–H and O–H groups in total. The van der Waals surface area contributed by atoms with Crippen molar-refractivity contribution >= 4 is 5.78 Å². The van der Waals surface area contributed by atoms with Crippen LogP contribution in [0, 0.1) is 17.2 Å². The van der Waals surface area contributed by atoms with Gasteiger partial charge in [-0.3, -0.25) is 9.59 Å². The second-order valence-electron chi connectivity index (χ2n) is 3.71. The summed E-state index contributed by atoms with van der Waals surface area (Å²) in [6, 6.07) is 4.88. The van der Waals surface area contributed by atoms with Crippen LogP contribution in [0.5, 0.6) is 0 Å². The lowest BCUT2D eigenvalue weighted by molar-refractivity contribution is -0.120. The van der Waals surface area contributed by atoms with Gasteiger partial charge in [-0.2, -0.15) is 5.26 Å². The summed E-state index contributed by atoms with van der Waals surface area (Å²) in [5.74, 6) is 0.231. The van der Waals surface area contributed by atoms with E-state index in [4.69, 9.17) is 5.26 Å². The van der Waals surface area contributed by atoms with Crippen molar-refractivity contribution in [1.29, 1.82) is 5.26 Å². The molecule has 0 aromatic carbocycles. The Hall–Kier alpha value is -1.89. The Kier molecular flexibility index (Phi) is 2.38. The van der Waals surface area contributed by atoms with E-state index in [2.05, 4.69) is 0 Å². The highest BCUT2D eigenvalue weighted by Crippen LogP contribution is 2.29. The third-order valence-electron chi connectivity index (χ3n) is 2.50. The van der Waals surface area contributed by atoms with Crippen LogP contribution in [-0.4, -0.2) is 10.4 Å². The number of rotatable bonds is 3. The number of carbonyl (C=O) groups excluding carboxylic acids is 1. The summed E-state index contributed by atoms with van der Waals surface area (Å²) in [5, 5.41) is 8.65. The minimum absolute atomic E-state index is 0.0843. The van der Waals surface area contributed by atoms with E-state index < -0.39 is 0 Å². The van der Waals surface area contributed by atoms with Crippen LogP contribution in [0.3, 0.4) is 0 Å². The zero-order valence-electron chi connectivity index (χ0n) is 8.14. The summed E-state index contributed by atoms with van der Waals surface area (Å²) in [6.07, 6.45) is 3.42. The standard InChI is InChI=1S/C11H10N2O2/c12-6-9-2-1-5-13(11(9)15)7-10(14)8-3-4-8/h1-2,5,8H,3-4,7H2. The average Bonchev–Trinajstić information content (AvgIpc) is 3.04. The van der Waals surface area contributed by atoms with Crippen LogP contribution >= 0.6 is 0 Å². The minimum Gasteiger partial charge on any atom is -0.307 e. The van der Waals surface area contributed by atoms with Crippen molar-refractivity contribution in [3.05, 3.63) is 34.2 Å². The summed E-state index contributed by atoms with van der Waals surface area (Å²) in [7, 11) is 0. The van der Waals surface area contributed by atoms with E-state index in [0.717, 1.165) is 12.8 Å². The molecule has 1 heterocycles. The van der Waals surface area contributed by atoms with E-state index in [0.29, 0.717) is 0 Å². The molecule has 1 aliphatic carbocycles. The van der Waals surface area contributed by atoms with Crippen LogP contribution in [0.4, 0.5) is 0 Å². The van der Waals surface area contributed by atoms with E-state index in [1.165, 1.54) is 10.6 Å². The van der Waals surface area contributed by atoms with E-state index in [9.17, 15) is 9.59 Å². The molecular formula is C11H10N2O2. The largest absolute Gasteiger partial charge is 0.307 e. The van der Waals surface area contributed by atoms with Gasteiger partial charge in [0.15, 0.2) is 5.78 Å². The summed E-state index contributed by atoms with van der Waals surface area (Å²) in [6.45, 7) is 0.0962. The molecule has 1 saturated carbocycles. The number of hydrogen-bond acceptors (Lipinski definition) is 3. The molecule has 76 valence electrons.